The van der Waals surface area contributed by atoms with Gasteiger partial charge < -0.3 is 10.5 Å². The first-order valence-corrected chi connectivity index (χ1v) is 12.7. The summed E-state index contributed by atoms with van der Waals surface area (Å²) >= 11 is 8.09. The van der Waals surface area contributed by atoms with Crippen LogP contribution in [0.25, 0.3) is 5.69 Å². The van der Waals surface area contributed by atoms with Crippen LogP contribution in [0.15, 0.2) is 60.1 Å². The van der Waals surface area contributed by atoms with Gasteiger partial charge in [0.05, 0.1) is 28.1 Å². The summed E-state index contributed by atoms with van der Waals surface area (Å²) < 4.78 is 6.88. The van der Waals surface area contributed by atoms with Crippen LogP contribution in [0.3, 0.4) is 0 Å². The molecule has 3 rings (SSSR count). The van der Waals surface area contributed by atoms with Crippen molar-refractivity contribution < 1.29 is 9.53 Å². The Morgan fingerprint density at radius 1 is 1.31 bits per heavy atom. The van der Waals surface area contributed by atoms with Crippen LogP contribution < -0.4 is 5.73 Å². The molecule has 2 N–H and O–H groups in total. The molecule has 0 aliphatic rings. The fourth-order valence-electron chi connectivity index (χ4n) is 3.34. The Morgan fingerprint density at radius 2 is 2.03 bits per heavy atom. The molecule has 0 fully saturated rings. The van der Waals surface area contributed by atoms with E-state index < -0.39 is 6.04 Å². The van der Waals surface area contributed by atoms with Gasteiger partial charge in [0, 0.05) is 25.3 Å². The van der Waals surface area contributed by atoms with Gasteiger partial charge in [0.1, 0.15) is 12.7 Å². The number of guanidine groups is 1. The van der Waals surface area contributed by atoms with Gasteiger partial charge in [-0.15, -0.1) is 11.8 Å². The van der Waals surface area contributed by atoms with Gasteiger partial charge in [-0.1, -0.05) is 29.5 Å². The zero-order valence-corrected chi connectivity index (χ0v) is 22.5. The van der Waals surface area contributed by atoms with Crippen molar-refractivity contribution in [2.45, 2.75) is 24.6 Å². The van der Waals surface area contributed by atoms with Gasteiger partial charge in [-0.25, -0.2) is 9.67 Å². The molecular formula is C26H29ClN6O2S. The van der Waals surface area contributed by atoms with Crippen LogP contribution in [0.1, 0.15) is 41.4 Å². The third-order valence-corrected chi connectivity index (χ3v) is 6.94. The number of ether oxygens (including phenoxy) is 1. The van der Waals surface area contributed by atoms with Crippen molar-refractivity contribution in [3.63, 3.8) is 0 Å². The molecule has 10 heteroatoms. The minimum atomic E-state index is -0.576. The van der Waals surface area contributed by atoms with Crippen molar-refractivity contribution in [2.75, 3.05) is 27.0 Å². The number of methoxy groups -OCH3 is 1. The van der Waals surface area contributed by atoms with Crippen molar-refractivity contribution in [2.24, 2.45) is 10.7 Å². The van der Waals surface area contributed by atoms with Crippen LogP contribution in [0.5, 0.6) is 0 Å². The standard InChI is InChI=1S/C26H29ClN6O2S/c1-26(2,36-5)13-12-18-6-8-19(9-7-18)24(34)33(25(28)29-3)23(15-35-4)20-10-11-21(27)22(14-20)32-17-30-16-31-32/h6-11,14,16-17,23H,15H2,1-5H3,(H2,28,29)/t23-/m1/s1. The molecule has 1 atom stereocenters. The molecule has 0 unspecified atom stereocenters. The van der Waals surface area contributed by atoms with Gasteiger partial charge in [-0.2, -0.15) is 5.10 Å². The highest BCUT2D eigenvalue weighted by molar-refractivity contribution is 8.00. The first-order valence-electron chi connectivity index (χ1n) is 11.1. The number of amides is 1. The monoisotopic (exact) mass is 524 g/mol. The lowest BCUT2D eigenvalue weighted by Gasteiger charge is -2.31. The van der Waals surface area contributed by atoms with E-state index in [4.69, 9.17) is 22.1 Å². The molecule has 0 radical (unpaired) electrons. The normalized spacial score (nSPS) is 12.6. The van der Waals surface area contributed by atoms with Gasteiger partial charge in [0.25, 0.3) is 5.91 Å². The molecule has 36 heavy (non-hydrogen) atoms. The van der Waals surface area contributed by atoms with Crippen LogP contribution >= 0.6 is 23.4 Å². The molecule has 0 aliphatic heterocycles. The molecule has 0 aliphatic carbocycles. The highest BCUT2D eigenvalue weighted by Crippen LogP contribution is 2.29. The minimum Gasteiger partial charge on any atom is -0.382 e. The van der Waals surface area contributed by atoms with E-state index in [1.807, 2.05) is 30.5 Å². The van der Waals surface area contributed by atoms with E-state index >= 15 is 0 Å². The number of rotatable bonds is 7. The first kappa shape index (κ1) is 27.3. The zero-order valence-electron chi connectivity index (χ0n) is 20.9. The molecule has 188 valence electrons. The second kappa shape index (κ2) is 12.1. The van der Waals surface area contributed by atoms with E-state index in [1.165, 1.54) is 18.3 Å². The zero-order chi connectivity index (χ0) is 26.3. The average Bonchev–Trinajstić information content (AvgIpc) is 3.42. The summed E-state index contributed by atoms with van der Waals surface area (Å²) in [5.74, 6) is 6.15. The predicted molar refractivity (Wildman–Crippen MR) is 146 cm³/mol. The van der Waals surface area contributed by atoms with E-state index in [1.54, 1.807) is 48.1 Å². The van der Waals surface area contributed by atoms with E-state index in [0.29, 0.717) is 16.3 Å². The smallest absolute Gasteiger partial charge is 0.261 e. The van der Waals surface area contributed by atoms with Crippen molar-refractivity contribution in [3.8, 4) is 17.5 Å². The lowest BCUT2D eigenvalue weighted by molar-refractivity contribution is 0.0699. The number of nitrogens with two attached hydrogens (primary N) is 1. The fourth-order valence-corrected chi connectivity index (χ4v) is 3.70. The summed E-state index contributed by atoms with van der Waals surface area (Å²) in [5.41, 5.74) is 8.87. The van der Waals surface area contributed by atoms with Crippen molar-refractivity contribution in [3.05, 3.63) is 76.8 Å². The molecule has 1 amide bonds. The second-order valence-corrected chi connectivity index (χ2v) is 10.2. The molecule has 2 aromatic carbocycles. The van der Waals surface area contributed by atoms with Gasteiger partial charge in [0.2, 0.25) is 0 Å². The summed E-state index contributed by atoms with van der Waals surface area (Å²) in [6.45, 7) is 4.30. The van der Waals surface area contributed by atoms with Gasteiger partial charge in [-0.3, -0.25) is 14.7 Å². The molecule has 1 aromatic heterocycles. The Kier molecular flexibility index (Phi) is 9.15. The van der Waals surface area contributed by atoms with Crippen molar-refractivity contribution in [1.29, 1.82) is 0 Å². The maximum absolute atomic E-state index is 13.7. The van der Waals surface area contributed by atoms with Crippen LogP contribution in [-0.2, 0) is 4.74 Å². The number of benzene rings is 2. The molecule has 1 heterocycles. The number of hydrogen-bond acceptors (Lipinski definition) is 6. The average molecular weight is 525 g/mol. The molecular weight excluding hydrogens is 496 g/mol. The molecule has 0 saturated heterocycles. The number of carbonyl (C=O) groups is 1. The third kappa shape index (κ3) is 6.46. The first-order chi connectivity index (χ1) is 17.2. The summed E-state index contributed by atoms with van der Waals surface area (Å²) in [6.07, 6.45) is 4.99. The minimum absolute atomic E-state index is 0.0601. The summed E-state index contributed by atoms with van der Waals surface area (Å²) in [4.78, 5) is 23.2. The van der Waals surface area contributed by atoms with E-state index in [9.17, 15) is 4.79 Å². The third-order valence-electron chi connectivity index (χ3n) is 5.50. The lowest BCUT2D eigenvalue weighted by Crippen LogP contribution is -2.45. The highest BCUT2D eigenvalue weighted by atomic mass is 35.5. The number of hydrogen-bond donors (Lipinski definition) is 1. The summed E-state index contributed by atoms with van der Waals surface area (Å²) in [6, 6.07) is 11.9. The SMILES string of the molecule is CN=C(N)N(C(=O)c1ccc(C#CC(C)(C)SC)cc1)[C@H](COC)c1ccc(Cl)c(-n2cncn2)c1. The van der Waals surface area contributed by atoms with Gasteiger partial charge >= 0.3 is 0 Å². The molecule has 0 spiro atoms. The molecule has 0 saturated carbocycles. The number of aromatic nitrogens is 3. The Labute approximate surface area is 220 Å². The topological polar surface area (TPSA) is 98.6 Å². The van der Waals surface area contributed by atoms with E-state index in [0.717, 1.165) is 11.1 Å². The summed E-state index contributed by atoms with van der Waals surface area (Å²) in [7, 11) is 3.10. The number of carbonyl (C=O) groups excluding carboxylic acids is 1. The Morgan fingerprint density at radius 3 is 2.61 bits per heavy atom. The quantitative estimate of drug-likeness (QED) is 0.283. The van der Waals surface area contributed by atoms with E-state index in [2.05, 4.69) is 40.8 Å². The summed E-state index contributed by atoms with van der Waals surface area (Å²) in [5, 5.41) is 4.65. The predicted octanol–water partition coefficient (Wildman–Crippen LogP) is 4.19. The second-order valence-electron chi connectivity index (χ2n) is 8.32. The number of halogens is 1. The highest BCUT2D eigenvalue weighted by Gasteiger charge is 2.30. The van der Waals surface area contributed by atoms with Crippen molar-refractivity contribution >= 4 is 35.2 Å². The fraction of sp³-hybridized carbons (Fsp3) is 0.308. The Bertz CT molecular complexity index is 1280. The van der Waals surface area contributed by atoms with Crippen LogP contribution in [0, 0.1) is 11.8 Å². The maximum Gasteiger partial charge on any atom is 0.261 e. The van der Waals surface area contributed by atoms with E-state index in [-0.39, 0.29) is 23.2 Å². The molecule has 0 bridgehead atoms. The maximum atomic E-state index is 13.7. The van der Waals surface area contributed by atoms with Crippen LogP contribution in [-0.4, -0.2) is 63.3 Å². The van der Waals surface area contributed by atoms with Crippen LogP contribution in [0.4, 0.5) is 0 Å². The van der Waals surface area contributed by atoms with Crippen LogP contribution in [0.2, 0.25) is 5.02 Å². The number of nitrogens with zero attached hydrogens (tertiary/aromatic N) is 5. The largest absolute Gasteiger partial charge is 0.382 e. The number of aliphatic imine (C=N–C) groups is 1. The Balaban J connectivity index is 2.00. The number of thioether (sulfide) groups is 1. The van der Waals surface area contributed by atoms with Crippen molar-refractivity contribution in [1.82, 2.24) is 19.7 Å². The van der Waals surface area contributed by atoms with Gasteiger partial charge in [0.15, 0.2) is 5.96 Å². The molecule has 3 aromatic rings. The lowest BCUT2D eigenvalue weighted by atomic mass is 10.0. The molecule has 8 nitrogen and oxygen atoms in total. The Hall–Kier alpha value is -3.32. The van der Waals surface area contributed by atoms with Gasteiger partial charge in [-0.05, 0) is 62.1 Å².